The number of benzene rings is 1. The zero-order valence-electron chi connectivity index (χ0n) is 15.2. The van der Waals surface area contributed by atoms with Crippen molar-refractivity contribution in [1.82, 2.24) is 14.5 Å². The van der Waals surface area contributed by atoms with Gasteiger partial charge in [-0.25, -0.2) is 9.37 Å². The maximum absolute atomic E-state index is 13.6. The molecule has 5 rings (SSSR count). The summed E-state index contributed by atoms with van der Waals surface area (Å²) in [6.45, 7) is 1.67. The molecule has 140 valence electrons. The molecule has 1 fully saturated rings. The highest BCUT2D eigenvalue weighted by atomic mass is 19.1. The fourth-order valence-electron chi connectivity index (χ4n) is 3.43. The second-order valence-electron chi connectivity index (χ2n) is 6.70. The molecular formula is C21H17FN4O2. The minimum absolute atomic E-state index is 0.210. The number of rotatable bonds is 1. The number of fused-ring (bicyclic) bond motifs is 2. The highest BCUT2D eigenvalue weighted by molar-refractivity contribution is 5.83. The minimum atomic E-state index is -0.379. The summed E-state index contributed by atoms with van der Waals surface area (Å²) in [5.74, 6) is 6.03. The second-order valence-corrected chi connectivity index (χ2v) is 6.70. The van der Waals surface area contributed by atoms with Gasteiger partial charge in [-0.3, -0.25) is 0 Å². The van der Waals surface area contributed by atoms with E-state index in [0.29, 0.717) is 36.8 Å². The van der Waals surface area contributed by atoms with Gasteiger partial charge in [0.2, 0.25) is 0 Å². The van der Waals surface area contributed by atoms with Crippen molar-refractivity contribution in [3.63, 3.8) is 0 Å². The van der Waals surface area contributed by atoms with Crippen molar-refractivity contribution in [2.45, 2.75) is 6.04 Å². The molecule has 0 aliphatic carbocycles. The van der Waals surface area contributed by atoms with Gasteiger partial charge in [-0.15, -0.1) is 0 Å². The largest absolute Gasteiger partial charge is 0.423 e. The molecule has 0 spiro atoms. The van der Waals surface area contributed by atoms with E-state index in [1.807, 2.05) is 47.0 Å². The fourth-order valence-corrected chi connectivity index (χ4v) is 3.43. The van der Waals surface area contributed by atoms with Crippen LogP contribution in [0.15, 0.2) is 47.1 Å². The molecule has 0 radical (unpaired) electrons. The standard InChI is InChI=1S/C21H17FN4O2/c1-25-12-14(17-10-15(22)11-23-20(17)25)6-7-16-13-27-9-8-26(16)21-24-18-4-2-3-5-19(18)28-21/h2-5,10-12,16H,8-9,13H2,1H3. The zero-order chi connectivity index (χ0) is 19.1. The zero-order valence-corrected chi connectivity index (χ0v) is 15.2. The number of para-hydroxylation sites is 2. The molecule has 7 heteroatoms. The van der Waals surface area contributed by atoms with Crippen LogP contribution >= 0.6 is 0 Å². The van der Waals surface area contributed by atoms with Crippen LogP contribution in [0.3, 0.4) is 0 Å². The van der Waals surface area contributed by atoms with Crippen molar-refractivity contribution < 1.29 is 13.5 Å². The predicted molar refractivity (Wildman–Crippen MR) is 104 cm³/mol. The summed E-state index contributed by atoms with van der Waals surface area (Å²) in [6, 6.07) is 9.45. The minimum Gasteiger partial charge on any atom is -0.423 e. The Balaban J connectivity index is 1.51. The molecule has 1 unspecified atom stereocenters. The number of halogens is 1. The lowest BCUT2D eigenvalue weighted by molar-refractivity contribution is 0.105. The van der Waals surface area contributed by atoms with Crippen LogP contribution in [0.25, 0.3) is 22.1 Å². The van der Waals surface area contributed by atoms with E-state index in [2.05, 4.69) is 21.8 Å². The van der Waals surface area contributed by atoms with E-state index < -0.39 is 0 Å². The monoisotopic (exact) mass is 376 g/mol. The van der Waals surface area contributed by atoms with Gasteiger partial charge < -0.3 is 18.6 Å². The van der Waals surface area contributed by atoms with Gasteiger partial charge in [-0.2, -0.15) is 4.98 Å². The molecule has 1 saturated heterocycles. The molecule has 0 N–H and O–H groups in total. The van der Waals surface area contributed by atoms with Crippen LogP contribution in [0.2, 0.25) is 0 Å². The quantitative estimate of drug-likeness (QED) is 0.478. The SMILES string of the molecule is Cn1cc(C#CC2COCCN2c2nc3ccccc3o2)c2cc(F)cnc21. The molecule has 1 aromatic carbocycles. The van der Waals surface area contributed by atoms with Gasteiger partial charge in [0, 0.05) is 25.2 Å². The number of pyridine rings is 1. The first kappa shape index (κ1) is 16.8. The maximum Gasteiger partial charge on any atom is 0.299 e. The van der Waals surface area contributed by atoms with Crippen molar-refractivity contribution in [2.75, 3.05) is 24.7 Å². The number of morpholine rings is 1. The van der Waals surface area contributed by atoms with Crippen LogP contribution in [0.5, 0.6) is 0 Å². The summed E-state index contributed by atoms with van der Waals surface area (Å²) in [5, 5.41) is 0.695. The van der Waals surface area contributed by atoms with E-state index in [1.165, 1.54) is 12.3 Å². The average Bonchev–Trinajstić information content (AvgIpc) is 3.27. The van der Waals surface area contributed by atoms with Crippen molar-refractivity contribution >= 4 is 28.1 Å². The molecule has 1 aliphatic heterocycles. The van der Waals surface area contributed by atoms with E-state index in [0.717, 1.165) is 16.7 Å². The van der Waals surface area contributed by atoms with Crippen LogP contribution in [0.1, 0.15) is 5.56 Å². The average molecular weight is 376 g/mol. The highest BCUT2D eigenvalue weighted by Crippen LogP contribution is 2.25. The predicted octanol–water partition coefficient (Wildman–Crippen LogP) is 3.11. The number of oxazole rings is 1. The molecule has 4 aromatic rings. The highest BCUT2D eigenvalue weighted by Gasteiger charge is 2.25. The Morgan fingerprint density at radius 2 is 2.18 bits per heavy atom. The van der Waals surface area contributed by atoms with Crippen molar-refractivity contribution in [3.8, 4) is 11.8 Å². The lowest BCUT2D eigenvalue weighted by Crippen LogP contribution is -2.45. The van der Waals surface area contributed by atoms with Crippen molar-refractivity contribution in [3.05, 3.63) is 54.1 Å². The van der Waals surface area contributed by atoms with Gasteiger partial charge >= 0.3 is 0 Å². The molecule has 0 amide bonds. The van der Waals surface area contributed by atoms with E-state index >= 15 is 0 Å². The third kappa shape index (κ3) is 2.88. The molecule has 3 aromatic heterocycles. The third-order valence-electron chi connectivity index (χ3n) is 4.81. The van der Waals surface area contributed by atoms with Gasteiger partial charge in [-0.05, 0) is 18.2 Å². The smallest absolute Gasteiger partial charge is 0.299 e. The second kappa shape index (κ2) is 6.66. The van der Waals surface area contributed by atoms with Crippen molar-refractivity contribution in [2.24, 2.45) is 7.05 Å². The topological polar surface area (TPSA) is 56.3 Å². The summed E-state index contributed by atoms with van der Waals surface area (Å²) in [4.78, 5) is 10.7. The number of hydrogen-bond acceptors (Lipinski definition) is 5. The lowest BCUT2D eigenvalue weighted by Gasteiger charge is -2.30. The van der Waals surface area contributed by atoms with Gasteiger partial charge in [0.05, 0.1) is 25.0 Å². The molecule has 1 atom stereocenters. The third-order valence-corrected chi connectivity index (χ3v) is 4.81. The fraction of sp³-hybridized carbons (Fsp3) is 0.238. The number of anilines is 1. The summed E-state index contributed by atoms with van der Waals surface area (Å²) < 4.78 is 27.0. The summed E-state index contributed by atoms with van der Waals surface area (Å²) in [6.07, 6.45) is 3.07. The van der Waals surface area contributed by atoms with Crippen LogP contribution in [-0.4, -0.2) is 40.3 Å². The van der Waals surface area contributed by atoms with Crippen LogP contribution in [0, 0.1) is 17.7 Å². The first-order valence-electron chi connectivity index (χ1n) is 9.01. The Morgan fingerprint density at radius 3 is 3.07 bits per heavy atom. The summed E-state index contributed by atoms with van der Waals surface area (Å²) >= 11 is 0. The molecule has 4 heterocycles. The van der Waals surface area contributed by atoms with Gasteiger partial charge in [-0.1, -0.05) is 24.0 Å². The van der Waals surface area contributed by atoms with E-state index in [4.69, 9.17) is 9.15 Å². The number of aryl methyl sites for hydroxylation is 1. The number of aromatic nitrogens is 3. The van der Waals surface area contributed by atoms with E-state index in [1.54, 1.807) is 0 Å². The van der Waals surface area contributed by atoms with E-state index in [9.17, 15) is 4.39 Å². The Bertz CT molecular complexity index is 1200. The van der Waals surface area contributed by atoms with E-state index in [-0.39, 0.29) is 11.9 Å². The van der Waals surface area contributed by atoms with Gasteiger partial charge in [0.15, 0.2) is 5.58 Å². The van der Waals surface area contributed by atoms with Gasteiger partial charge in [0.25, 0.3) is 6.01 Å². The number of hydrogen-bond donors (Lipinski definition) is 0. The maximum atomic E-state index is 13.6. The summed E-state index contributed by atoms with van der Waals surface area (Å²) in [7, 11) is 1.87. The first-order chi connectivity index (χ1) is 13.7. The number of ether oxygens (including phenoxy) is 1. The van der Waals surface area contributed by atoms with Gasteiger partial charge in [0.1, 0.15) is 23.0 Å². The molecular weight excluding hydrogens is 359 g/mol. The van der Waals surface area contributed by atoms with Crippen molar-refractivity contribution in [1.29, 1.82) is 0 Å². The molecule has 28 heavy (non-hydrogen) atoms. The van der Waals surface area contributed by atoms with Crippen LogP contribution < -0.4 is 4.90 Å². The lowest BCUT2D eigenvalue weighted by atomic mass is 10.2. The van der Waals surface area contributed by atoms with Crippen LogP contribution in [0.4, 0.5) is 10.4 Å². The molecule has 0 bridgehead atoms. The Labute approximate surface area is 160 Å². The molecule has 1 aliphatic rings. The van der Waals surface area contributed by atoms with Crippen LogP contribution in [-0.2, 0) is 11.8 Å². The Hall–Kier alpha value is -3.37. The Kier molecular flexibility index (Phi) is 3.99. The number of nitrogens with zero attached hydrogens (tertiary/aromatic N) is 4. The normalized spacial score (nSPS) is 17.1. The molecule has 0 saturated carbocycles. The Morgan fingerprint density at radius 1 is 1.29 bits per heavy atom. The first-order valence-corrected chi connectivity index (χ1v) is 9.01. The molecule has 6 nitrogen and oxygen atoms in total. The summed E-state index contributed by atoms with van der Waals surface area (Å²) in [5.41, 5.74) is 2.98.